The first-order valence-corrected chi connectivity index (χ1v) is 14.2. The van der Waals surface area contributed by atoms with Crippen LogP contribution in [0.25, 0.3) is 0 Å². The molecule has 0 atom stereocenters. The van der Waals surface area contributed by atoms with Gasteiger partial charge in [-0.1, -0.05) is 0 Å². The summed E-state index contributed by atoms with van der Waals surface area (Å²) in [5.74, 6) is 0. The van der Waals surface area contributed by atoms with Crippen LogP contribution in [-0.2, 0) is 28.2 Å². The Labute approximate surface area is 148 Å². The SMILES string of the molecule is CCCCP(CCCC)[O][Ti](=[O])[O]P(CCCC)CCCC. The van der Waals surface area contributed by atoms with Crippen molar-refractivity contribution in [3.8, 4) is 0 Å². The molecule has 0 amide bonds. The Morgan fingerprint density at radius 2 is 0.909 bits per heavy atom. The molecule has 6 heteroatoms. The fourth-order valence-electron chi connectivity index (χ4n) is 1.97. The third kappa shape index (κ3) is 13.7. The third-order valence-electron chi connectivity index (χ3n) is 3.45. The van der Waals surface area contributed by atoms with Gasteiger partial charge in [0.1, 0.15) is 0 Å². The molecule has 0 aliphatic rings. The van der Waals surface area contributed by atoms with Gasteiger partial charge in [-0.25, -0.2) is 0 Å². The van der Waals surface area contributed by atoms with E-state index < -0.39 is 34.9 Å². The molecule has 0 rings (SSSR count). The molecular weight excluding hydrogens is 350 g/mol. The summed E-state index contributed by atoms with van der Waals surface area (Å²) in [5.41, 5.74) is 0. The minimum atomic E-state index is -2.97. The van der Waals surface area contributed by atoms with Crippen molar-refractivity contribution in [2.24, 2.45) is 0 Å². The Balaban J connectivity index is 4.27. The van der Waals surface area contributed by atoms with E-state index in [1.807, 2.05) is 0 Å². The van der Waals surface area contributed by atoms with E-state index in [0.29, 0.717) is 0 Å². The minimum absolute atomic E-state index is 0.521. The Kier molecular flexibility index (Phi) is 18.1. The summed E-state index contributed by atoms with van der Waals surface area (Å²) in [6.07, 6.45) is 13.8. The van der Waals surface area contributed by atoms with Gasteiger partial charge in [-0.15, -0.1) is 0 Å². The van der Waals surface area contributed by atoms with Crippen molar-refractivity contribution >= 4 is 16.3 Å². The molecule has 0 aromatic rings. The molecule has 0 spiro atoms. The van der Waals surface area contributed by atoms with Gasteiger partial charge in [-0.2, -0.15) is 0 Å². The van der Waals surface area contributed by atoms with E-state index in [2.05, 4.69) is 27.7 Å². The fourth-order valence-corrected chi connectivity index (χ4v) is 10.2. The molecule has 0 radical (unpaired) electrons. The van der Waals surface area contributed by atoms with Gasteiger partial charge in [0.2, 0.25) is 0 Å². The molecule has 0 aromatic heterocycles. The van der Waals surface area contributed by atoms with Crippen LogP contribution in [0.15, 0.2) is 0 Å². The van der Waals surface area contributed by atoms with Crippen LogP contribution in [-0.4, -0.2) is 24.6 Å². The first-order valence-electron chi connectivity index (χ1n) is 9.07. The van der Waals surface area contributed by atoms with Crippen LogP contribution in [0.1, 0.15) is 79.1 Å². The Morgan fingerprint density at radius 1 is 0.636 bits per heavy atom. The maximum atomic E-state index is 12.4. The second-order valence-corrected chi connectivity index (χ2v) is 12.3. The molecule has 0 bridgehead atoms. The molecule has 0 unspecified atom stereocenters. The summed E-state index contributed by atoms with van der Waals surface area (Å²) in [6.45, 7) is 8.81. The van der Waals surface area contributed by atoms with Crippen LogP contribution >= 0.6 is 16.3 Å². The van der Waals surface area contributed by atoms with Crippen LogP contribution in [0.3, 0.4) is 0 Å². The van der Waals surface area contributed by atoms with E-state index in [4.69, 9.17) is 6.21 Å². The Morgan fingerprint density at radius 3 is 1.14 bits per heavy atom. The quantitative estimate of drug-likeness (QED) is 0.216. The zero-order valence-electron chi connectivity index (χ0n) is 15.1. The average molecular weight is 386 g/mol. The number of rotatable bonds is 16. The van der Waals surface area contributed by atoms with Crippen molar-refractivity contribution in [3.05, 3.63) is 0 Å². The van der Waals surface area contributed by atoms with Gasteiger partial charge in [0.15, 0.2) is 0 Å². The third-order valence-corrected chi connectivity index (χ3v) is 11.3. The summed E-state index contributed by atoms with van der Waals surface area (Å²) < 4.78 is 24.2. The molecule has 0 aliphatic carbocycles. The molecule has 0 saturated carbocycles. The first kappa shape index (κ1) is 23.3. The standard InChI is InChI=1S/2C8H18OP.O.Ti/c2*1-3-5-7-10(9)8-6-4-2;;/h2*3-8H2,1-2H3;;/q2*-1;;+2. The predicted octanol–water partition coefficient (Wildman–Crippen LogP) is 6.81. The number of hydrogen-bond acceptors (Lipinski definition) is 3. The summed E-state index contributed by atoms with van der Waals surface area (Å²) in [5, 5.41) is 0. The zero-order valence-corrected chi connectivity index (χ0v) is 18.5. The van der Waals surface area contributed by atoms with Crippen LogP contribution < -0.4 is 0 Å². The van der Waals surface area contributed by atoms with Crippen LogP contribution in [0.4, 0.5) is 0 Å². The first-order chi connectivity index (χ1) is 10.7. The fraction of sp³-hybridized carbons (Fsp3) is 1.00. The number of unbranched alkanes of at least 4 members (excludes halogenated alkanes) is 4. The van der Waals surface area contributed by atoms with Gasteiger partial charge < -0.3 is 0 Å². The van der Waals surface area contributed by atoms with Crippen molar-refractivity contribution in [2.75, 3.05) is 24.6 Å². The van der Waals surface area contributed by atoms with E-state index in [-0.39, 0.29) is 0 Å². The second kappa shape index (κ2) is 17.1. The summed E-state index contributed by atoms with van der Waals surface area (Å²) in [6, 6.07) is 0. The molecule has 0 N–H and O–H groups in total. The Hall–Kier alpha value is 1.29. The second-order valence-electron chi connectivity index (χ2n) is 5.70. The van der Waals surface area contributed by atoms with Crippen molar-refractivity contribution < 1.29 is 28.2 Å². The van der Waals surface area contributed by atoms with Gasteiger partial charge in [0.05, 0.1) is 0 Å². The van der Waals surface area contributed by atoms with Crippen molar-refractivity contribution in [1.29, 1.82) is 0 Å². The monoisotopic (exact) mass is 386 g/mol. The van der Waals surface area contributed by atoms with E-state index in [1.165, 1.54) is 51.4 Å². The average Bonchev–Trinajstić information content (AvgIpc) is 2.52. The van der Waals surface area contributed by atoms with Crippen molar-refractivity contribution in [1.82, 2.24) is 0 Å². The van der Waals surface area contributed by atoms with E-state index in [9.17, 15) is 3.32 Å². The molecule has 0 saturated heterocycles. The maximum absolute atomic E-state index is 12.4. The molecule has 132 valence electrons. The molecule has 3 nitrogen and oxygen atoms in total. The number of hydrogen-bond donors (Lipinski definition) is 0. The van der Waals surface area contributed by atoms with Crippen LogP contribution in [0.5, 0.6) is 0 Å². The predicted molar refractivity (Wildman–Crippen MR) is 95.8 cm³/mol. The van der Waals surface area contributed by atoms with Gasteiger partial charge in [-0.3, -0.25) is 0 Å². The van der Waals surface area contributed by atoms with Crippen LogP contribution in [0.2, 0.25) is 0 Å². The topological polar surface area (TPSA) is 35.5 Å². The molecule has 0 heterocycles. The van der Waals surface area contributed by atoms with E-state index in [1.54, 1.807) is 0 Å². The molecular formula is C16H36O3P2Ti. The zero-order chi connectivity index (χ0) is 16.6. The molecule has 0 aliphatic heterocycles. The van der Waals surface area contributed by atoms with Crippen LogP contribution in [0, 0.1) is 0 Å². The molecule has 0 fully saturated rings. The molecule has 22 heavy (non-hydrogen) atoms. The van der Waals surface area contributed by atoms with Gasteiger partial charge in [-0.05, 0) is 0 Å². The van der Waals surface area contributed by atoms with E-state index in [0.717, 1.165) is 24.6 Å². The van der Waals surface area contributed by atoms with Gasteiger partial charge >= 0.3 is 148 Å². The van der Waals surface area contributed by atoms with Crippen molar-refractivity contribution in [3.63, 3.8) is 0 Å². The molecule has 0 aromatic carbocycles. The Bertz CT molecular complexity index is 228. The normalized spacial score (nSPS) is 11.5. The summed E-state index contributed by atoms with van der Waals surface area (Å²) >= 11 is -2.97. The summed E-state index contributed by atoms with van der Waals surface area (Å²) in [7, 11) is -1.04. The summed E-state index contributed by atoms with van der Waals surface area (Å²) in [4.78, 5) is 0. The van der Waals surface area contributed by atoms with Gasteiger partial charge in [0.25, 0.3) is 0 Å². The van der Waals surface area contributed by atoms with E-state index >= 15 is 0 Å². The van der Waals surface area contributed by atoms with Crippen molar-refractivity contribution in [2.45, 2.75) is 79.1 Å². The van der Waals surface area contributed by atoms with Gasteiger partial charge in [0, 0.05) is 0 Å².